The first-order valence-corrected chi connectivity index (χ1v) is 9.15. The highest BCUT2D eigenvalue weighted by molar-refractivity contribution is 14.1. The van der Waals surface area contributed by atoms with E-state index in [9.17, 15) is 4.79 Å². The van der Waals surface area contributed by atoms with Crippen LogP contribution in [0.4, 0.5) is 0 Å². The summed E-state index contributed by atoms with van der Waals surface area (Å²) in [5, 5.41) is 0.684. The highest BCUT2D eigenvalue weighted by Crippen LogP contribution is 2.38. The van der Waals surface area contributed by atoms with Gasteiger partial charge in [0.05, 0.1) is 17.3 Å². The monoisotopic (exact) mass is 500 g/mol. The lowest BCUT2D eigenvalue weighted by Crippen LogP contribution is -2.05. The molecule has 0 aliphatic carbocycles. The lowest BCUT2D eigenvalue weighted by atomic mass is 10.1. The van der Waals surface area contributed by atoms with Crippen molar-refractivity contribution in [2.24, 2.45) is 0 Å². The van der Waals surface area contributed by atoms with Crippen molar-refractivity contribution in [2.75, 3.05) is 13.7 Å². The van der Waals surface area contributed by atoms with Crippen LogP contribution in [-0.4, -0.2) is 19.7 Å². The maximum atomic E-state index is 12.5. The molecule has 0 radical (unpaired) electrons. The lowest BCUT2D eigenvalue weighted by molar-refractivity contribution is 0.0529. The van der Waals surface area contributed by atoms with Gasteiger partial charge in [-0.3, -0.25) is 0 Å². The molecule has 124 valence electrons. The van der Waals surface area contributed by atoms with Gasteiger partial charge in [-0.25, -0.2) is 4.79 Å². The molecular weight excluding hydrogens is 487 g/mol. The second kappa shape index (κ2) is 7.14. The van der Waals surface area contributed by atoms with Gasteiger partial charge < -0.3 is 13.9 Å². The van der Waals surface area contributed by atoms with Crippen LogP contribution < -0.4 is 4.74 Å². The lowest BCUT2D eigenvalue weighted by Gasteiger charge is -2.05. The smallest absolute Gasteiger partial charge is 0.342 e. The number of methoxy groups -OCH3 is 1. The van der Waals surface area contributed by atoms with Crippen molar-refractivity contribution in [3.63, 3.8) is 0 Å². The predicted octanol–water partition coefficient (Wildman–Crippen LogP) is 5.65. The maximum Gasteiger partial charge on any atom is 0.342 e. The maximum absolute atomic E-state index is 12.5. The Labute approximate surface area is 161 Å². The molecule has 0 spiro atoms. The van der Waals surface area contributed by atoms with Crippen LogP contribution in [0.25, 0.3) is 22.3 Å². The van der Waals surface area contributed by atoms with Gasteiger partial charge in [-0.15, -0.1) is 0 Å². The van der Waals surface area contributed by atoms with E-state index >= 15 is 0 Å². The molecule has 0 saturated carbocycles. The van der Waals surface area contributed by atoms with Gasteiger partial charge in [-0.2, -0.15) is 0 Å². The number of carbonyl (C=O) groups is 1. The molecule has 0 bridgehead atoms. The predicted molar refractivity (Wildman–Crippen MR) is 105 cm³/mol. The van der Waals surface area contributed by atoms with Gasteiger partial charge in [0.2, 0.25) is 0 Å². The van der Waals surface area contributed by atoms with E-state index in [-0.39, 0.29) is 0 Å². The van der Waals surface area contributed by atoms with Crippen LogP contribution in [0.5, 0.6) is 5.75 Å². The largest absolute Gasteiger partial charge is 0.496 e. The van der Waals surface area contributed by atoms with Gasteiger partial charge in [0.15, 0.2) is 0 Å². The number of carbonyl (C=O) groups excluding carboxylic acids is 1. The number of ether oxygens (including phenoxy) is 2. The molecular formula is C18H14BrIO4. The van der Waals surface area contributed by atoms with E-state index in [0.717, 1.165) is 13.6 Å². The molecule has 1 aromatic heterocycles. The summed E-state index contributed by atoms with van der Waals surface area (Å²) >= 11 is 5.59. The zero-order chi connectivity index (χ0) is 17.3. The number of benzene rings is 2. The summed E-state index contributed by atoms with van der Waals surface area (Å²) in [5.41, 5.74) is 1.86. The Morgan fingerprint density at radius 3 is 2.58 bits per heavy atom. The Morgan fingerprint density at radius 2 is 1.96 bits per heavy atom. The molecule has 4 nitrogen and oxygen atoms in total. The summed E-state index contributed by atoms with van der Waals surface area (Å²) in [4.78, 5) is 12.5. The standard InChI is InChI=1S/C18H14BrIO4/c1-3-23-18(21)16-12-8-15(22-2)13(20)9-14(12)24-17(16)10-4-6-11(19)7-5-10/h4-9H,3H2,1-2H3. The molecule has 0 amide bonds. The fourth-order valence-corrected chi connectivity index (χ4v) is 3.39. The first-order valence-electron chi connectivity index (χ1n) is 7.28. The van der Waals surface area contributed by atoms with Gasteiger partial charge in [-0.05, 0) is 53.8 Å². The number of furan rings is 1. The molecule has 24 heavy (non-hydrogen) atoms. The minimum absolute atomic E-state index is 0.298. The van der Waals surface area contributed by atoms with Crippen molar-refractivity contribution in [2.45, 2.75) is 6.92 Å². The van der Waals surface area contributed by atoms with Crippen LogP contribution in [0.3, 0.4) is 0 Å². The second-order valence-corrected chi connectivity index (χ2v) is 7.09. The topological polar surface area (TPSA) is 48.7 Å². The van der Waals surface area contributed by atoms with E-state index in [0.29, 0.717) is 34.6 Å². The normalized spacial score (nSPS) is 10.8. The summed E-state index contributed by atoms with van der Waals surface area (Å²) < 4.78 is 18.5. The molecule has 0 aliphatic rings. The summed E-state index contributed by atoms with van der Waals surface area (Å²) in [6.45, 7) is 2.08. The van der Waals surface area contributed by atoms with Gasteiger partial charge in [0.25, 0.3) is 0 Å². The average Bonchev–Trinajstić information content (AvgIpc) is 2.93. The van der Waals surface area contributed by atoms with Crippen molar-refractivity contribution >= 4 is 55.5 Å². The molecule has 0 saturated heterocycles. The third-order valence-electron chi connectivity index (χ3n) is 3.55. The first-order chi connectivity index (χ1) is 11.5. The minimum atomic E-state index is -0.405. The van der Waals surface area contributed by atoms with Crippen molar-refractivity contribution in [1.82, 2.24) is 0 Å². The van der Waals surface area contributed by atoms with Gasteiger partial charge in [0.1, 0.15) is 22.7 Å². The number of hydrogen-bond acceptors (Lipinski definition) is 4. The molecule has 0 atom stereocenters. The SMILES string of the molecule is CCOC(=O)c1c(-c2ccc(Br)cc2)oc2cc(I)c(OC)cc12. The number of hydrogen-bond donors (Lipinski definition) is 0. The molecule has 3 aromatic rings. The van der Waals surface area contributed by atoms with Crippen LogP contribution >= 0.6 is 38.5 Å². The van der Waals surface area contributed by atoms with E-state index in [1.54, 1.807) is 14.0 Å². The van der Waals surface area contributed by atoms with Crippen LogP contribution in [-0.2, 0) is 4.74 Å². The van der Waals surface area contributed by atoms with Crippen molar-refractivity contribution in [3.8, 4) is 17.1 Å². The quantitative estimate of drug-likeness (QED) is 0.343. The van der Waals surface area contributed by atoms with Crippen LogP contribution in [0.1, 0.15) is 17.3 Å². The summed E-state index contributed by atoms with van der Waals surface area (Å²) in [5.74, 6) is 0.786. The number of esters is 1. The molecule has 0 unspecified atom stereocenters. The van der Waals surface area contributed by atoms with Crippen LogP contribution in [0.2, 0.25) is 0 Å². The van der Waals surface area contributed by atoms with E-state index in [1.807, 2.05) is 36.4 Å². The Hall–Kier alpha value is -1.54. The van der Waals surface area contributed by atoms with Crippen molar-refractivity contribution < 1.29 is 18.7 Å². The summed E-state index contributed by atoms with van der Waals surface area (Å²) in [7, 11) is 1.60. The number of halogens is 2. The van der Waals surface area contributed by atoms with E-state index in [2.05, 4.69) is 38.5 Å². The van der Waals surface area contributed by atoms with E-state index in [1.165, 1.54) is 0 Å². The molecule has 0 aliphatic heterocycles. The van der Waals surface area contributed by atoms with Crippen LogP contribution in [0, 0.1) is 3.57 Å². The highest BCUT2D eigenvalue weighted by atomic mass is 127. The van der Waals surface area contributed by atoms with Gasteiger partial charge >= 0.3 is 5.97 Å². The molecule has 3 rings (SSSR count). The van der Waals surface area contributed by atoms with E-state index < -0.39 is 5.97 Å². The highest BCUT2D eigenvalue weighted by Gasteiger charge is 2.24. The Morgan fingerprint density at radius 1 is 1.25 bits per heavy atom. The third-order valence-corrected chi connectivity index (χ3v) is 4.92. The Kier molecular flexibility index (Phi) is 5.15. The Balaban J connectivity index is 2.29. The zero-order valence-electron chi connectivity index (χ0n) is 13.1. The second-order valence-electron chi connectivity index (χ2n) is 5.02. The fourth-order valence-electron chi connectivity index (χ4n) is 2.47. The summed E-state index contributed by atoms with van der Waals surface area (Å²) in [6.07, 6.45) is 0. The van der Waals surface area contributed by atoms with Gasteiger partial charge in [0, 0.05) is 15.4 Å². The first kappa shape index (κ1) is 17.3. The summed E-state index contributed by atoms with van der Waals surface area (Å²) in [6, 6.07) is 11.3. The van der Waals surface area contributed by atoms with E-state index in [4.69, 9.17) is 13.9 Å². The minimum Gasteiger partial charge on any atom is -0.496 e. The zero-order valence-corrected chi connectivity index (χ0v) is 16.8. The third kappa shape index (κ3) is 3.17. The molecule has 0 N–H and O–H groups in total. The average molecular weight is 501 g/mol. The fraction of sp³-hybridized carbons (Fsp3) is 0.167. The Bertz CT molecular complexity index is 900. The number of rotatable bonds is 4. The van der Waals surface area contributed by atoms with Gasteiger partial charge in [-0.1, -0.05) is 28.1 Å². The molecule has 6 heteroatoms. The molecule has 1 heterocycles. The van der Waals surface area contributed by atoms with Crippen molar-refractivity contribution in [1.29, 1.82) is 0 Å². The molecule has 0 fully saturated rings. The van der Waals surface area contributed by atoms with Crippen molar-refractivity contribution in [3.05, 3.63) is 50.0 Å². The van der Waals surface area contributed by atoms with Crippen LogP contribution in [0.15, 0.2) is 45.3 Å². The molecule has 2 aromatic carbocycles. The number of fused-ring (bicyclic) bond motifs is 1.